The van der Waals surface area contributed by atoms with Crippen LogP contribution in [0.2, 0.25) is 0 Å². The van der Waals surface area contributed by atoms with E-state index in [0.29, 0.717) is 0 Å². The Balaban J connectivity index is 1.19. The molecular weight excluding hydrogens is 713 g/mol. The third-order valence-corrected chi connectivity index (χ3v) is 13.1. The Bertz CT molecular complexity index is 3450. The van der Waals surface area contributed by atoms with Crippen molar-refractivity contribution in [1.29, 1.82) is 0 Å². The minimum Gasteiger partial charge on any atom is -0.310 e. The Labute approximate surface area is 342 Å². The van der Waals surface area contributed by atoms with Gasteiger partial charge in [0.25, 0.3) is 0 Å². The van der Waals surface area contributed by atoms with Crippen LogP contribution in [0, 0.1) is 0 Å². The highest BCUT2D eigenvalue weighted by molar-refractivity contribution is 6.27. The molecule has 0 aliphatic heterocycles. The summed E-state index contributed by atoms with van der Waals surface area (Å²) in [6, 6.07) is 81.1. The van der Waals surface area contributed by atoms with Crippen LogP contribution in [0.1, 0.15) is 22.3 Å². The van der Waals surface area contributed by atoms with E-state index < -0.39 is 5.41 Å². The lowest BCUT2D eigenvalue weighted by molar-refractivity contribution is 0.783. The van der Waals surface area contributed by atoms with Gasteiger partial charge in [-0.25, -0.2) is 0 Å². The van der Waals surface area contributed by atoms with Crippen molar-refractivity contribution in [3.05, 3.63) is 241 Å². The largest absolute Gasteiger partial charge is 0.310 e. The summed E-state index contributed by atoms with van der Waals surface area (Å²) < 4.78 is 2.51. The van der Waals surface area contributed by atoms with Crippen molar-refractivity contribution in [2.24, 2.45) is 0 Å². The monoisotopic (exact) mass is 748 g/mol. The van der Waals surface area contributed by atoms with Crippen LogP contribution >= 0.6 is 0 Å². The molecule has 0 saturated heterocycles. The number of hydrogen-bond acceptors (Lipinski definition) is 1. The number of benzene rings is 10. The minimum atomic E-state index is -0.554. The zero-order valence-corrected chi connectivity index (χ0v) is 32.2. The molecule has 59 heavy (non-hydrogen) atoms. The van der Waals surface area contributed by atoms with Crippen LogP contribution in [-0.4, -0.2) is 4.57 Å². The maximum atomic E-state index is 2.53. The van der Waals surface area contributed by atoms with Gasteiger partial charge in [0.15, 0.2) is 0 Å². The van der Waals surface area contributed by atoms with Gasteiger partial charge in [0.05, 0.1) is 22.1 Å². The minimum absolute atomic E-state index is 0.554. The first kappa shape index (κ1) is 32.4. The van der Waals surface area contributed by atoms with Crippen LogP contribution in [0.5, 0.6) is 0 Å². The van der Waals surface area contributed by atoms with Gasteiger partial charge in [-0.2, -0.15) is 0 Å². The van der Waals surface area contributed by atoms with Crippen molar-refractivity contribution in [3.8, 4) is 27.9 Å². The van der Waals surface area contributed by atoms with Gasteiger partial charge in [0.1, 0.15) is 0 Å². The molecule has 1 spiro atoms. The summed E-state index contributed by atoms with van der Waals surface area (Å²) >= 11 is 0. The normalized spacial score (nSPS) is 13.2. The van der Waals surface area contributed by atoms with E-state index in [9.17, 15) is 0 Å². The van der Waals surface area contributed by atoms with Crippen LogP contribution in [0.3, 0.4) is 0 Å². The fraction of sp³-hybridized carbons (Fsp3) is 0.0175. The van der Waals surface area contributed by atoms with Gasteiger partial charge in [0.2, 0.25) is 0 Å². The number of para-hydroxylation sites is 1. The quantitative estimate of drug-likeness (QED) is 0.170. The van der Waals surface area contributed by atoms with E-state index in [2.05, 4.69) is 228 Å². The smallest absolute Gasteiger partial charge is 0.0727 e. The van der Waals surface area contributed by atoms with E-state index >= 15 is 0 Å². The molecule has 0 atom stereocenters. The average molecular weight is 749 g/mol. The third-order valence-electron chi connectivity index (χ3n) is 13.1. The highest BCUT2D eigenvalue weighted by Gasteiger charge is 2.50. The maximum Gasteiger partial charge on any atom is 0.0727 e. The molecule has 2 heteroatoms. The number of aromatic nitrogens is 1. The summed E-state index contributed by atoms with van der Waals surface area (Å²) in [5, 5.41) is 7.65. The number of anilines is 3. The van der Waals surface area contributed by atoms with Crippen molar-refractivity contribution in [1.82, 2.24) is 4.57 Å². The first-order valence-corrected chi connectivity index (χ1v) is 20.5. The molecule has 2 aliphatic carbocycles. The number of fused-ring (bicyclic) bond motifs is 8. The molecular formula is C57H36N2. The fourth-order valence-electron chi connectivity index (χ4n) is 10.8. The lowest BCUT2D eigenvalue weighted by Crippen LogP contribution is -2.31. The average Bonchev–Trinajstić information content (AvgIpc) is 3.80. The van der Waals surface area contributed by atoms with Crippen molar-refractivity contribution < 1.29 is 0 Å². The molecule has 0 fully saturated rings. The molecule has 1 heterocycles. The highest BCUT2D eigenvalue weighted by atomic mass is 15.1. The molecule has 10 aromatic carbocycles. The van der Waals surface area contributed by atoms with E-state index in [1.807, 2.05) is 0 Å². The Kier molecular flexibility index (Phi) is 6.68. The first-order chi connectivity index (χ1) is 29.3. The molecule has 0 radical (unpaired) electrons. The second-order valence-electron chi connectivity index (χ2n) is 16.0. The summed E-state index contributed by atoms with van der Waals surface area (Å²) in [5.74, 6) is 0. The van der Waals surface area contributed by atoms with E-state index in [4.69, 9.17) is 0 Å². The van der Waals surface area contributed by atoms with Gasteiger partial charge in [-0.3, -0.25) is 0 Å². The predicted molar refractivity (Wildman–Crippen MR) is 247 cm³/mol. The van der Waals surface area contributed by atoms with Gasteiger partial charge in [-0.05, 0) is 115 Å². The molecule has 0 unspecified atom stereocenters. The standard InChI is InChI=1S/C57H36N2/c1-3-16-37(17-4-1)39-20-13-23-42(34-39)59-52-31-15-29-49-55(52)56-53(59)33-32-40-35-43(58(41-21-5-2-6-22-41)51-30-14-19-38-18-7-8-24-44(38)51)36-50(54(40)56)57(49)47-27-11-9-25-45(47)46-26-10-12-28-48(46)57/h1-36H. The summed E-state index contributed by atoms with van der Waals surface area (Å²) in [6.07, 6.45) is 0. The molecule has 0 saturated carbocycles. The maximum absolute atomic E-state index is 2.53. The molecule has 2 nitrogen and oxygen atoms in total. The SMILES string of the molecule is c1ccc(-c2cccc(-n3c4cccc5c4c4c6c(cc(N(c7ccccc7)c7cccc8ccccc78)cc6ccc43)C53c4ccccc4-c4ccccc43)c2)cc1. The summed E-state index contributed by atoms with van der Waals surface area (Å²) in [6.45, 7) is 0. The fourth-order valence-corrected chi connectivity index (χ4v) is 10.8. The van der Waals surface area contributed by atoms with Crippen LogP contribution in [0.15, 0.2) is 218 Å². The molecule has 2 aliphatic rings. The Morgan fingerprint density at radius 3 is 1.80 bits per heavy atom. The lowest BCUT2D eigenvalue weighted by atomic mass is 9.63. The van der Waals surface area contributed by atoms with E-state index in [1.54, 1.807) is 0 Å². The third kappa shape index (κ3) is 4.35. The van der Waals surface area contributed by atoms with E-state index in [1.165, 1.54) is 87.9 Å². The second kappa shape index (κ2) is 12.2. The van der Waals surface area contributed by atoms with Crippen molar-refractivity contribution in [2.45, 2.75) is 5.41 Å². The molecule has 274 valence electrons. The van der Waals surface area contributed by atoms with Gasteiger partial charge >= 0.3 is 0 Å². The van der Waals surface area contributed by atoms with Crippen molar-refractivity contribution in [3.63, 3.8) is 0 Å². The molecule has 0 bridgehead atoms. The molecule has 13 rings (SSSR count). The van der Waals surface area contributed by atoms with E-state index in [-0.39, 0.29) is 0 Å². The topological polar surface area (TPSA) is 8.17 Å². The number of nitrogens with zero attached hydrogens (tertiary/aromatic N) is 2. The summed E-state index contributed by atoms with van der Waals surface area (Å²) in [4.78, 5) is 2.47. The number of hydrogen-bond donors (Lipinski definition) is 0. The van der Waals surface area contributed by atoms with Gasteiger partial charge < -0.3 is 9.47 Å². The Morgan fingerprint density at radius 1 is 0.356 bits per heavy atom. The van der Waals surface area contributed by atoms with Crippen LogP contribution < -0.4 is 4.90 Å². The zero-order valence-electron chi connectivity index (χ0n) is 32.2. The Hall–Kier alpha value is -7.68. The molecule has 0 N–H and O–H groups in total. The van der Waals surface area contributed by atoms with Crippen LogP contribution in [0.4, 0.5) is 17.1 Å². The van der Waals surface area contributed by atoms with Gasteiger partial charge in [-0.1, -0.05) is 164 Å². The summed E-state index contributed by atoms with van der Waals surface area (Å²) in [5.41, 5.74) is 16.9. The molecule has 11 aromatic rings. The van der Waals surface area contributed by atoms with Crippen LogP contribution in [0.25, 0.3) is 71.3 Å². The first-order valence-electron chi connectivity index (χ1n) is 20.5. The Morgan fingerprint density at radius 2 is 0.983 bits per heavy atom. The van der Waals surface area contributed by atoms with Crippen molar-refractivity contribution >= 4 is 60.4 Å². The van der Waals surface area contributed by atoms with Gasteiger partial charge in [-0.15, -0.1) is 0 Å². The zero-order chi connectivity index (χ0) is 38.7. The second-order valence-corrected chi connectivity index (χ2v) is 16.0. The molecule has 0 amide bonds. The number of rotatable bonds is 5. The highest BCUT2D eigenvalue weighted by Crippen LogP contribution is 2.63. The predicted octanol–water partition coefficient (Wildman–Crippen LogP) is 14.9. The van der Waals surface area contributed by atoms with E-state index in [0.717, 1.165) is 22.7 Å². The van der Waals surface area contributed by atoms with Crippen LogP contribution in [-0.2, 0) is 5.41 Å². The summed E-state index contributed by atoms with van der Waals surface area (Å²) in [7, 11) is 0. The van der Waals surface area contributed by atoms with Gasteiger partial charge in [0, 0.05) is 33.2 Å². The lowest BCUT2D eigenvalue weighted by Gasteiger charge is -2.39. The molecule has 1 aromatic heterocycles. The van der Waals surface area contributed by atoms with Crippen molar-refractivity contribution in [2.75, 3.05) is 4.90 Å².